The zero-order valence-corrected chi connectivity index (χ0v) is 9.75. The summed E-state index contributed by atoms with van der Waals surface area (Å²) in [5.74, 6) is 0.867. The smallest absolute Gasteiger partial charge is 0.0654 e. The number of nitrogens with zero attached hydrogens (tertiary/aromatic N) is 1. The molecule has 2 aliphatic heterocycles. The van der Waals surface area contributed by atoms with Gasteiger partial charge in [0.15, 0.2) is 0 Å². The summed E-state index contributed by atoms with van der Waals surface area (Å²) in [6, 6.07) is 0. The van der Waals surface area contributed by atoms with Gasteiger partial charge in [-0.1, -0.05) is 6.92 Å². The van der Waals surface area contributed by atoms with Gasteiger partial charge in [0, 0.05) is 12.1 Å². The summed E-state index contributed by atoms with van der Waals surface area (Å²) in [6.45, 7) is 10.2. The predicted octanol–water partition coefficient (Wildman–Crippen LogP) is 2.29. The Bertz CT molecular complexity index is 204. The molecule has 0 aliphatic carbocycles. The Hall–Kier alpha value is -0.0800. The molecule has 82 valence electrons. The standard InChI is InChI=1S/C12H23NO/c1-10(2)14-9-12-5-4-6-13(12)8-11(3)7-12/h10-11H,4-9H2,1-3H3/t11-,12-/m1/s1. The summed E-state index contributed by atoms with van der Waals surface area (Å²) in [7, 11) is 0. The van der Waals surface area contributed by atoms with Crippen LogP contribution in [-0.2, 0) is 4.74 Å². The molecule has 2 heterocycles. The van der Waals surface area contributed by atoms with Gasteiger partial charge in [-0.05, 0) is 45.6 Å². The molecular formula is C12H23NO. The molecule has 0 amide bonds. The van der Waals surface area contributed by atoms with Crippen LogP contribution < -0.4 is 0 Å². The summed E-state index contributed by atoms with van der Waals surface area (Å²) in [4.78, 5) is 2.67. The van der Waals surface area contributed by atoms with Crippen LogP contribution in [0.25, 0.3) is 0 Å². The van der Waals surface area contributed by atoms with E-state index in [1.165, 1.54) is 32.4 Å². The van der Waals surface area contributed by atoms with E-state index >= 15 is 0 Å². The summed E-state index contributed by atoms with van der Waals surface area (Å²) in [6.07, 6.45) is 4.44. The van der Waals surface area contributed by atoms with Crippen LogP contribution in [0.2, 0.25) is 0 Å². The van der Waals surface area contributed by atoms with Crippen LogP contribution in [0.15, 0.2) is 0 Å². The Morgan fingerprint density at radius 1 is 1.50 bits per heavy atom. The lowest BCUT2D eigenvalue weighted by atomic mass is 9.91. The molecule has 0 aromatic carbocycles. The van der Waals surface area contributed by atoms with E-state index in [2.05, 4.69) is 25.7 Å². The third kappa shape index (κ3) is 1.82. The van der Waals surface area contributed by atoms with Crippen LogP contribution >= 0.6 is 0 Å². The van der Waals surface area contributed by atoms with Crippen LogP contribution in [0.4, 0.5) is 0 Å². The SMILES string of the molecule is CC(C)OC[C@]12CCCN1C[C@H](C)C2. The monoisotopic (exact) mass is 197 g/mol. The highest BCUT2D eigenvalue weighted by Gasteiger charge is 2.47. The molecule has 2 saturated heterocycles. The molecule has 2 atom stereocenters. The van der Waals surface area contributed by atoms with Crippen molar-refractivity contribution < 1.29 is 4.74 Å². The maximum atomic E-state index is 5.84. The Morgan fingerprint density at radius 3 is 3.00 bits per heavy atom. The topological polar surface area (TPSA) is 12.5 Å². The van der Waals surface area contributed by atoms with E-state index in [1.54, 1.807) is 0 Å². The molecule has 0 spiro atoms. The second kappa shape index (κ2) is 3.82. The molecule has 0 saturated carbocycles. The van der Waals surface area contributed by atoms with Gasteiger partial charge in [0.2, 0.25) is 0 Å². The number of hydrogen-bond acceptors (Lipinski definition) is 2. The second-order valence-electron chi connectivity index (χ2n) is 5.44. The van der Waals surface area contributed by atoms with E-state index in [0.29, 0.717) is 11.6 Å². The Morgan fingerprint density at radius 2 is 2.29 bits per heavy atom. The van der Waals surface area contributed by atoms with Crippen molar-refractivity contribution in [2.45, 2.75) is 51.7 Å². The van der Waals surface area contributed by atoms with E-state index in [-0.39, 0.29) is 0 Å². The van der Waals surface area contributed by atoms with Crippen molar-refractivity contribution in [2.75, 3.05) is 19.7 Å². The van der Waals surface area contributed by atoms with Crippen LogP contribution in [0.3, 0.4) is 0 Å². The fourth-order valence-corrected chi connectivity index (χ4v) is 3.14. The number of fused-ring (bicyclic) bond motifs is 1. The maximum absolute atomic E-state index is 5.84. The molecule has 14 heavy (non-hydrogen) atoms. The molecule has 2 fully saturated rings. The molecule has 0 radical (unpaired) electrons. The summed E-state index contributed by atoms with van der Waals surface area (Å²) >= 11 is 0. The first-order valence-corrected chi connectivity index (χ1v) is 5.99. The van der Waals surface area contributed by atoms with Gasteiger partial charge in [0.25, 0.3) is 0 Å². The van der Waals surface area contributed by atoms with Gasteiger partial charge < -0.3 is 4.74 Å². The number of rotatable bonds is 3. The lowest BCUT2D eigenvalue weighted by Crippen LogP contribution is -2.43. The molecule has 0 unspecified atom stereocenters. The average molecular weight is 197 g/mol. The van der Waals surface area contributed by atoms with Crippen LogP contribution in [0, 0.1) is 5.92 Å². The predicted molar refractivity (Wildman–Crippen MR) is 58.4 cm³/mol. The normalized spacial score (nSPS) is 38.1. The van der Waals surface area contributed by atoms with E-state index in [1.807, 2.05) is 0 Å². The number of ether oxygens (including phenoxy) is 1. The van der Waals surface area contributed by atoms with Crippen molar-refractivity contribution in [3.05, 3.63) is 0 Å². The number of hydrogen-bond donors (Lipinski definition) is 0. The van der Waals surface area contributed by atoms with Gasteiger partial charge in [-0.2, -0.15) is 0 Å². The minimum Gasteiger partial charge on any atom is -0.377 e. The Kier molecular flexibility index (Phi) is 2.85. The lowest BCUT2D eigenvalue weighted by Gasteiger charge is -2.32. The minimum atomic E-state index is 0.378. The van der Waals surface area contributed by atoms with Crippen molar-refractivity contribution in [3.63, 3.8) is 0 Å². The van der Waals surface area contributed by atoms with Gasteiger partial charge in [-0.25, -0.2) is 0 Å². The van der Waals surface area contributed by atoms with E-state index in [9.17, 15) is 0 Å². The molecule has 0 aromatic heterocycles. The summed E-state index contributed by atoms with van der Waals surface area (Å²) < 4.78 is 5.84. The van der Waals surface area contributed by atoms with Crippen LogP contribution in [-0.4, -0.2) is 36.2 Å². The quantitative estimate of drug-likeness (QED) is 0.688. The van der Waals surface area contributed by atoms with Crippen molar-refractivity contribution in [3.8, 4) is 0 Å². The van der Waals surface area contributed by atoms with E-state index in [0.717, 1.165) is 12.5 Å². The Labute approximate surface area is 87.6 Å². The van der Waals surface area contributed by atoms with E-state index < -0.39 is 0 Å². The minimum absolute atomic E-state index is 0.378. The highest BCUT2D eigenvalue weighted by atomic mass is 16.5. The van der Waals surface area contributed by atoms with E-state index in [4.69, 9.17) is 4.74 Å². The molecule has 2 rings (SSSR count). The zero-order chi connectivity index (χ0) is 10.2. The highest BCUT2D eigenvalue weighted by Crippen LogP contribution is 2.41. The maximum Gasteiger partial charge on any atom is 0.0654 e. The van der Waals surface area contributed by atoms with Crippen molar-refractivity contribution in [1.82, 2.24) is 4.90 Å². The molecule has 0 bridgehead atoms. The van der Waals surface area contributed by atoms with Crippen molar-refractivity contribution in [2.24, 2.45) is 5.92 Å². The fraction of sp³-hybridized carbons (Fsp3) is 1.00. The summed E-state index contributed by atoms with van der Waals surface area (Å²) in [5.41, 5.74) is 0.420. The zero-order valence-electron chi connectivity index (χ0n) is 9.75. The van der Waals surface area contributed by atoms with Gasteiger partial charge in [-0.15, -0.1) is 0 Å². The second-order valence-corrected chi connectivity index (χ2v) is 5.44. The average Bonchev–Trinajstić information content (AvgIpc) is 2.56. The fourth-order valence-electron chi connectivity index (χ4n) is 3.14. The summed E-state index contributed by atoms with van der Waals surface area (Å²) in [5, 5.41) is 0. The van der Waals surface area contributed by atoms with Gasteiger partial charge in [0.1, 0.15) is 0 Å². The first-order chi connectivity index (χ1) is 6.62. The largest absolute Gasteiger partial charge is 0.377 e. The van der Waals surface area contributed by atoms with Crippen molar-refractivity contribution >= 4 is 0 Å². The van der Waals surface area contributed by atoms with Gasteiger partial charge in [0.05, 0.1) is 12.7 Å². The third-order valence-corrected chi connectivity index (χ3v) is 3.69. The van der Waals surface area contributed by atoms with Gasteiger partial charge in [-0.3, -0.25) is 4.90 Å². The third-order valence-electron chi connectivity index (χ3n) is 3.69. The van der Waals surface area contributed by atoms with Crippen LogP contribution in [0.5, 0.6) is 0 Å². The molecule has 2 aliphatic rings. The van der Waals surface area contributed by atoms with Gasteiger partial charge >= 0.3 is 0 Å². The Balaban J connectivity index is 1.98. The van der Waals surface area contributed by atoms with Crippen LogP contribution in [0.1, 0.15) is 40.0 Å². The molecule has 2 nitrogen and oxygen atoms in total. The molecular weight excluding hydrogens is 174 g/mol. The highest BCUT2D eigenvalue weighted by molar-refractivity contribution is 5.02. The molecule has 0 N–H and O–H groups in total. The first kappa shape index (κ1) is 10.4. The molecule has 2 heteroatoms. The first-order valence-electron chi connectivity index (χ1n) is 5.99. The lowest BCUT2D eigenvalue weighted by molar-refractivity contribution is 0.00292. The molecule has 0 aromatic rings. The van der Waals surface area contributed by atoms with Crippen molar-refractivity contribution in [1.29, 1.82) is 0 Å².